The van der Waals surface area contributed by atoms with Crippen LogP contribution < -0.4 is 0 Å². The number of carbonyl (C=O) groups is 2. The zero-order valence-corrected chi connectivity index (χ0v) is 15.6. The molecule has 0 N–H and O–H groups in total. The van der Waals surface area contributed by atoms with Crippen molar-refractivity contribution in [3.05, 3.63) is 30.3 Å². The van der Waals surface area contributed by atoms with Crippen LogP contribution in [0.4, 0.5) is 0 Å². The summed E-state index contributed by atoms with van der Waals surface area (Å²) in [6, 6.07) is 9.94. The second-order valence-electron chi connectivity index (χ2n) is 6.97. The summed E-state index contributed by atoms with van der Waals surface area (Å²) < 4.78 is 11.1. The van der Waals surface area contributed by atoms with Gasteiger partial charge in [0.1, 0.15) is 12.2 Å². The number of hydrogen-bond donors (Lipinski definition) is 0. The zero-order chi connectivity index (χ0) is 17.7. The molecule has 4 nitrogen and oxygen atoms in total. The van der Waals surface area contributed by atoms with Crippen molar-refractivity contribution in [2.45, 2.75) is 57.6 Å². The number of rotatable bonds is 3. The number of ether oxygens (including phenoxy) is 2. The molecule has 2 rings (SSSR count). The maximum atomic E-state index is 12.8. The summed E-state index contributed by atoms with van der Waals surface area (Å²) in [5.74, 6) is -0.238. The van der Waals surface area contributed by atoms with Crippen LogP contribution in [0.3, 0.4) is 0 Å². The van der Waals surface area contributed by atoms with Crippen molar-refractivity contribution in [2.24, 2.45) is 11.3 Å². The third-order valence-corrected chi connectivity index (χ3v) is 5.63. The highest BCUT2D eigenvalue weighted by Gasteiger charge is 2.40. The van der Waals surface area contributed by atoms with Crippen LogP contribution in [0.2, 0.25) is 0 Å². The van der Waals surface area contributed by atoms with Gasteiger partial charge in [0.05, 0.1) is 11.3 Å². The molecule has 5 heteroatoms. The minimum atomic E-state index is -0.728. The highest BCUT2D eigenvalue weighted by molar-refractivity contribution is 7.99. The molecule has 132 valence electrons. The maximum Gasteiger partial charge on any atom is 0.312 e. The van der Waals surface area contributed by atoms with Crippen molar-refractivity contribution < 1.29 is 19.1 Å². The number of carbonyl (C=O) groups excluding carboxylic acids is 2. The van der Waals surface area contributed by atoms with Gasteiger partial charge in [-0.05, 0) is 39.3 Å². The van der Waals surface area contributed by atoms with Gasteiger partial charge in [0.15, 0.2) is 0 Å². The fraction of sp³-hybridized carbons (Fsp3) is 0.579. The number of benzene rings is 1. The molecular weight excluding hydrogens is 324 g/mol. The Morgan fingerprint density at radius 2 is 1.71 bits per heavy atom. The SMILES string of the molecule is C[C@@H]1C[C@@H](C)OC(=O)C(C)(CSc2ccccc2)C[C@H](C)C(=O)O1. The lowest BCUT2D eigenvalue weighted by Crippen LogP contribution is -2.40. The summed E-state index contributed by atoms with van der Waals surface area (Å²) in [7, 11) is 0. The lowest BCUT2D eigenvalue weighted by Gasteiger charge is -2.33. The van der Waals surface area contributed by atoms with E-state index >= 15 is 0 Å². The Balaban J connectivity index is 2.16. The van der Waals surface area contributed by atoms with Gasteiger partial charge in [-0.25, -0.2) is 0 Å². The van der Waals surface area contributed by atoms with Gasteiger partial charge in [-0.1, -0.05) is 25.1 Å². The smallest absolute Gasteiger partial charge is 0.312 e. The van der Waals surface area contributed by atoms with Crippen LogP contribution in [0.5, 0.6) is 0 Å². The molecule has 1 aliphatic rings. The highest BCUT2D eigenvalue weighted by atomic mass is 32.2. The van der Waals surface area contributed by atoms with E-state index < -0.39 is 5.41 Å². The van der Waals surface area contributed by atoms with E-state index in [0.29, 0.717) is 18.6 Å². The molecule has 0 saturated carbocycles. The molecule has 1 unspecified atom stereocenters. The maximum absolute atomic E-state index is 12.8. The molecule has 0 amide bonds. The summed E-state index contributed by atoms with van der Waals surface area (Å²) in [5, 5.41) is 0. The lowest BCUT2D eigenvalue weighted by atomic mass is 9.83. The zero-order valence-electron chi connectivity index (χ0n) is 14.8. The second-order valence-corrected chi connectivity index (χ2v) is 8.02. The van der Waals surface area contributed by atoms with Crippen molar-refractivity contribution in [3.8, 4) is 0 Å². The summed E-state index contributed by atoms with van der Waals surface area (Å²) in [4.78, 5) is 26.1. The molecule has 24 heavy (non-hydrogen) atoms. The number of hydrogen-bond acceptors (Lipinski definition) is 5. The van der Waals surface area contributed by atoms with Crippen LogP contribution in [-0.2, 0) is 19.1 Å². The molecule has 1 aromatic carbocycles. The van der Waals surface area contributed by atoms with Crippen LogP contribution in [-0.4, -0.2) is 29.9 Å². The Labute approximate surface area is 148 Å². The minimum absolute atomic E-state index is 0.229. The van der Waals surface area contributed by atoms with Crippen LogP contribution in [0, 0.1) is 11.3 Å². The van der Waals surface area contributed by atoms with E-state index in [-0.39, 0.29) is 30.1 Å². The number of thioether (sulfide) groups is 1. The summed E-state index contributed by atoms with van der Waals surface area (Å²) in [6.45, 7) is 7.38. The van der Waals surface area contributed by atoms with E-state index in [1.807, 2.05) is 58.0 Å². The largest absolute Gasteiger partial charge is 0.462 e. The molecule has 0 aromatic heterocycles. The molecular formula is C19H26O4S. The fourth-order valence-corrected chi connectivity index (χ4v) is 3.99. The van der Waals surface area contributed by atoms with Crippen molar-refractivity contribution in [1.29, 1.82) is 0 Å². The van der Waals surface area contributed by atoms with Gasteiger partial charge < -0.3 is 9.47 Å². The van der Waals surface area contributed by atoms with Gasteiger partial charge in [-0.15, -0.1) is 11.8 Å². The first-order chi connectivity index (χ1) is 11.3. The first-order valence-electron chi connectivity index (χ1n) is 8.39. The number of esters is 2. The molecule has 0 bridgehead atoms. The van der Waals surface area contributed by atoms with Crippen LogP contribution in [0.15, 0.2) is 35.2 Å². The molecule has 0 spiro atoms. The topological polar surface area (TPSA) is 52.6 Å². The Bertz CT molecular complexity index is 574. The van der Waals surface area contributed by atoms with Crippen molar-refractivity contribution in [1.82, 2.24) is 0 Å². The molecule has 1 aromatic rings. The Hall–Kier alpha value is -1.49. The molecule has 4 atom stereocenters. The Kier molecular flexibility index (Phi) is 6.33. The molecule has 1 aliphatic heterocycles. The second kappa shape index (κ2) is 8.06. The van der Waals surface area contributed by atoms with E-state index in [4.69, 9.17) is 9.47 Å². The predicted octanol–water partition coefficient (Wildman–Crippen LogP) is 4.08. The van der Waals surface area contributed by atoms with E-state index in [0.717, 1.165) is 4.90 Å². The van der Waals surface area contributed by atoms with Crippen molar-refractivity contribution in [3.63, 3.8) is 0 Å². The summed E-state index contributed by atoms with van der Waals surface area (Å²) in [6.07, 6.45) is 0.427. The molecule has 1 saturated heterocycles. The van der Waals surface area contributed by atoms with Gasteiger partial charge in [0.25, 0.3) is 0 Å². The third kappa shape index (κ3) is 5.00. The molecule has 1 fully saturated rings. The average molecular weight is 350 g/mol. The van der Waals surface area contributed by atoms with E-state index in [9.17, 15) is 9.59 Å². The predicted molar refractivity (Wildman–Crippen MR) is 94.8 cm³/mol. The standard InChI is InChI=1S/C19H26O4S/c1-13-11-19(4,12-24-16-8-6-5-7-9-16)18(21)23-15(3)10-14(2)22-17(13)20/h5-9,13-15H,10-12H2,1-4H3/t13-,14+,15+,19?/m0/s1. The number of cyclic esters (lactones) is 2. The van der Waals surface area contributed by atoms with Crippen LogP contribution in [0.1, 0.15) is 40.5 Å². The van der Waals surface area contributed by atoms with Gasteiger partial charge in [-0.3, -0.25) is 9.59 Å². The van der Waals surface area contributed by atoms with Gasteiger partial charge in [-0.2, -0.15) is 0 Å². The first-order valence-corrected chi connectivity index (χ1v) is 9.38. The van der Waals surface area contributed by atoms with Gasteiger partial charge >= 0.3 is 11.9 Å². The summed E-state index contributed by atoms with van der Waals surface area (Å²) >= 11 is 1.61. The monoisotopic (exact) mass is 350 g/mol. The molecule has 1 heterocycles. The highest BCUT2D eigenvalue weighted by Crippen LogP contribution is 2.36. The third-order valence-electron chi connectivity index (χ3n) is 4.24. The normalized spacial score (nSPS) is 31.9. The van der Waals surface area contributed by atoms with Crippen LogP contribution >= 0.6 is 11.8 Å². The molecule has 0 aliphatic carbocycles. The van der Waals surface area contributed by atoms with E-state index in [1.54, 1.807) is 11.8 Å². The first kappa shape index (κ1) is 18.8. The average Bonchev–Trinajstić information content (AvgIpc) is 2.52. The molecule has 0 radical (unpaired) electrons. The van der Waals surface area contributed by atoms with Crippen LogP contribution in [0.25, 0.3) is 0 Å². The van der Waals surface area contributed by atoms with Gasteiger partial charge in [0, 0.05) is 17.1 Å². The van der Waals surface area contributed by atoms with Gasteiger partial charge in [0.2, 0.25) is 0 Å². The Morgan fingerprint density at radius 3 is 2.38 bits per heavy atom. The van der Waals surface area contributed by atoms with E-state index in [2.05, 4.69) is 0 Å². The quantitative estimate of drug-likeness (QED) is 0.607. The lowest BCUT2D eigenvalue weighted by molar-refractivity contribution is -0.168. The van der Waals surface area contributed by atoms with E-state index in [1.165, 1.54) is 0 Å². The van der Waals surface area contributed by atoms with Crippen molar-refractivity contribution >= 4 is 23.7 Å². The Morgan fingerprint density at radius 1 is 1.08 bits per heavy atom. The fourth-order valence-electron chi connectivity index (χ4n) is 2.92. The van der Waals surface area contributed by atoms with Crippen molar-refractivity contribution in [2.75, 3.05) is 5.75 Å². The minimum Gasteiger partial charge on any atom is -0.462 e. The summed E-state index contributed by atoms with van der Waals surface area (Å²) in [5.41, 5.74) is -0.728.